The number of ether oxygens (including phenoxy) is 1. The molecule has 0 saturated heterocycles. The van der Waals surface area contributed by atoms with Gasteiger partial charge in [0.2, 0.25) is 0 Å². The van der Waals surface area contributed by atoms with Gasteiger partial charge in [-0.2, -0.15) is 4.98 Å². The number of aromatic nitrogens is 2. The zero-order chi connectivity index (χ0) is 14.3. The van der Waals surface area contributed by atoms with Crippen LogP contribution in [-0.2, 0) is 6.54 Å². The fraction of sp³-hybridized carbons (Fsp3) is 0.571. The van der Waals surface area contributed by atoms with Gasteiger partial charge in [0, 0.05) is 12.0 Å². The van der Waals surface area contributed by atoms with Crippen molar-refractivity contribution in [3.63, 3.8) is 0 Å². The van der Waals surface area contributed by atoms with Crippen LogP contribution in [0.2, 0.25) is 4.34 Å². The van der Waals surface area contributed by atoms with E-state index in [0.717, 1.165) is 6.42 Å². The molecule has 1 aliphatic rings. The number of nitrogens with zero attached hydrogens (tertiary/aromatic N) is 2. The van der Waals surface area contributed by atoms with Crippen LogP contribution in [0.5, 0.6) is 6.01 Å². The highest BCUT2D eigenvalue weighted by Crippen LogP contribution is 2.45. The molecular weight excluding hydrogens is 296 g/mol. The van der Waals surface area contributed by atoms with Gasteiger partial charge in [-0.05, 0) is 25.3 Å². The van der Waals surface area contributed by atoms with Crippen molar-refractivity contribution in [2.45, 2.75) is 39.7 Å². The van der Waals surface area contributed by atoms with Crippen molar-refractivity contribution in [1.82, 2.24) is 9.55 Å². The maximum absolute atomic E-state index is 12.5. The van der Waals surface area contributed by atoms with Gasteiger partial charge in [-0.3, -0.25) is 9.36 Å². The van der Waals surface area contributed by atoms with Crippen LogP contribution in [0.1, 0.15) is 33.1 Å². The predicted octanol–water partition coefficient (Wildman–Crippen LogP) is 3.70. The first-order valence-corrected chi connectivity index (χ1v) is 8.04. The van der Waals surface area contributed by atoms with Crippen molar-refractivity contribution < 1.29 is 4.74 Å². The molecule has 1 fully saturated rings. The average Bonchev–Trinajstić information content (AvgIpc) is 3.01. The molecule has 6 heteroatoms. The van der Waals surface area contributed by atoms with E-state index < -0.39 is 0 Å². The smallest absolute Gasteiger partial charge is 0.300 e. The van der Waals surface area contributed by atoms with Gasteiger partial charge < -0.3 is 4.74 Å². The van der Waals surface area contributed by atoms with Gasteiger partial charge in [0.15, 0.2) is 0 Å². The van der Waals surface area contributed by atoms with Crippen molar-refractivity contribution in [3.8, 4) is 6.01 Å². The molecule has 2 aromatic heterocycles. The molecule has 0 bridgehead atoms. The monoisotopic (exact) mass is 312 g/mol. The van der Waals surface area contributed by atoms with Crippen LogP contribution in [-0.4, -0.2) is 16.2 Å². The molecule has 20 heavy (non-hydrogen) atoms. The van der Waals surface area contributed by atoms with Crippen LogP contribution >= 0.6 is 22.9 Å². The van der Waals surface area contributed by atoms with Gasteiger partial charge in [-0.1, -0.05) is 25.4 Å². The maximum atomic E-state index is 12.5. The molecule has 0 radical (unpaired) electrons. The molecule has 0 aromatic carbocycles. The van der Waals surface area contributed by atoms with Crippen LogP contribution in [0.3, 0.4) is 0 Å². The van der Waals surface area contributed by atoms with E-state index in [-0.39, 0.29) is 11.0 Å². The molecule has 108 valence electrons. The number of thiophene rings is 1. The average molecular weight is 313 g/mol. The van der Waals surface area contributed by atoms with Crippen molar-refractivity contribution in [2.24, 2.45) is 5.41 Å². The largest absolute Gasteiger partial charge is 0.464 e. The molecule has 1 saturated carbocycles. The summed E-state index contributed by atoms with van der Waals surface area (Å²) in [5, 5.41) is 0.582. The van der Waals surface area contributed by atoms with Crippen molar-refractivity contribution >= 4 is 33.2 Å². The third-order valence-electron chi connectivity index (χ3n) is 3.69. The summed E-state index contributed by atoms with van der Waals surface area (Å²) in [5.41, 5.74) is 0.201. The molecule has 3 rings (SSSR count). The summed E-state index contributed by atoms with van der Waals surface area (Å²) in [5.74, 6) is 0. The minimum absolute atomic E-state index is 0.0593. The Morgan fingerprint density at radius 2 is 2.30 bits per heavy atom. The lowest BCUT2D eigenvalue weighted by molar-refractivity contribution is 0.216. The summed E-state index contributed by atoms with van der Waals surface area (Å²) in [6, 6.07) is 2.12. The number of hydrogen-bond donors (Lipinski definition) is 0. The first-order chi connectivity index (χ1) is 9.52. The summed E-state index contributed by atoms with van der Waals surface area (Å²) in [6.45, 7) is 5.45. The Hall–Kier alpha value is -1.07. The van der Waals surface area contributed by atoms with Gasteiger partial charge in [0.1, 0.15) is 4.83 Å². The summed E-state index contributed by atoms with van der Waals surface area (Å²) in [7, 11) is 0. The zero-order valence-electron chi connectivity index (χ0n) is 11.6. The van der Waals surface area contributed by atoms with E-state index in [1.807, 2.05) is 6.92 Å². The van der Waals surface area contributed by atoms with Crippen LogP contribution in [0.25, 0.3) is 10.2 Å². The molecular formula is C14H17ClN2O2S. The number of hydrogen-bond acceptors (Lipinski definition) is 4. The Balaban J connectivity index is 2.02. The molecule has 0 N–H and O–H groups in total. The highest BCUT2D eigenvalue weighted by molar-refractivity contribution is 7.22. The molecule has 2 aromatic rings. The molecule has 0 spiro atoms. The predicted molar refractivity (Wildman–Crippen MR) is 82.0 cm³/mol. The Morgan fingerprint density at radius 3 is 2.95 bits per heavy atom. The number of halogens is 1. The second-order valence-electron chi connectivity index (χ2n) is 5.72. The van der Waals surface area contributed by atoms with E-state index in [9.17, 15) is 4.79 Å². The summed E-state index contributed by atoms with van der Waals surface area (Å²) in [4.78, 5) is 17.6. The Labute approximate surface area is 126 Å². The van der Waals surface area contributed by atoms with Gasteiger partial charge in [0.05, 0.1) is 16.3 Å². The van der Waals surface area contributed by atoms with E-state index in [0.29, 0.717) is 33.7 Å². The van der Waals surface area contributed by atoms with Gasteiger partial charge in [-0.25, -0.2) is 0 Å². The zero-order valence-corrected chi connectivity index (χ0v) is 13.2. The molecule has 4 nitrogen and oxygen atoms in total. The minimum Gasteiger partial charge on any atom is -0.464 e. The molecule has 0 atom stereocenters. The van der Waals surface area contributed by atoms with Gasteiger partial charge in [0.25, 0.3) is 5.56 Å². The van der Waals surface area contributed by atoms with Crippen molar-refractivity contribution in [1.29, 1.82) is 0 Å². The lowest BCUT2D eigenvalue weighted by Gasteiger charge is -2.14. The first kappa shape index (κ1) is 13.9. The van der Waals surface area contributed by atoms with E-state index in [1.54, 1.807) is 10.6 Å². The van der Waals surface area contributed by atoms with Gasteiger partial charge in [-0.15, -0.1) is 11.3 Å². The first-order valence-electron chi connectivity index (χ1n) is 6.85. The molecule has 0 unspecified atom stereocenters. The van der Waals surface area contributed by atoms with Crippen LogP contribution in [0, 0.1) is 5.41 Å². The van der Waals surface area contributed by atoms with Crippen LogP contribution in [0.4, 0.5) is 0 Å². The summed E-state index contributed by atoms with van der Waals surface area (Å²) in [6.07, 6.45) is 3.22. The lowest BCUT2D eigenvalue weighted by atomic mass is 10.2. The molecule has 2 heterocycles. The normalized spacial score (nSPS) is 16.6. The third-order valence-corrected chi connectivity index (χ3v) is 4.84. The Kier molecular flexibility index (Phi) is 3.50. The fourth-order valence-corrected chi connectivity index (χ4v) is 3.17. The lowest BCUT2D eigenvalue weighted by Crippen LogP contribution is -2.24. The van der Waals surface area contributed by atoms with Crippen LogP contribution < -0.4 is 10.3 Å². The Bertz CT molecular complexity index is 703. The SMILES string of the molecule is CCCn1c(OCC2(C)CC2)nc2sc(Cl)cc2c1=O. The summed E-state index contributed by atoms with van der Waals surface area (Å²) >= 11 is 7.30. The van der Waals surface area contributed by atoms with E-state index in [2.05, 4.69) is 11.9 Å². The summed E-state index contributed by atoms with van der Waals surface area (Å²) < 4.78 is 8.03. The highest BCUT2D eigenvalue weighted by atomic mass is 35.5. The maximum Gasteiger partial charge on any atom is 0.300 e. The molecule has 0 amide bonds. The second-order valence-corrected chi connectivity index (χ2v) is 7.38. The number of fused-ring (bicyclic) bond motifs is 1. The topological polar surface area (TPSA) is 44.1 Å². The molecule has 0 aliphatic heterocycles. The fourth-order valence-electron chi connectivity index (χ4n) is 2.10. The van der Waals surface area contributed by atoms with Crippen LogP contribution in [0.15, 0.2) is 10.9 Å². The van der Waals surface area contributed by atoms with E-state index in [1.165, 1.54) is 24.2 Å². The Morgan fingerprint density at radius 1 is 1.55 bits per heavy atom. The minimum atomic E-state index is -0.0593. The third kappa shape index (κ3) is 2.56. The quantitative estimate of drug-likeness (QED) is 0.845. The van der Waals surface area contributed by atoms with Crippen molar-refractivity contribution in [2.75, 3.05) is 6.61 Å². The second kappa shape index (κ2) is 5.04. The van der Waals surface area contributed by atoms with E-state index >= 15 is 0 Å². The van der Waals surface area contributed by atoms with E-state index in [4.69, 9.17) is 16.3 Å². The van der Waals surface area contributed by atoms with Crippen molar-refractivity contribution in [3.05, 3.63) is 20.8 Å². The number of rotatable bonds is 5. The molecule has 1 aliphatic carbocycles. The van der Waals surface area contributed by atoms with Gasteiger partial charge >= 0.3 is 6.01 Å². The standard InChI is InChI=1S/C14H17ClN2O2S/c1-3-6-17-12(18)9-7-10(15)20-11(9)16-13(17)19-8-14(2)4-5-14/h7H,3-6,8H2,1-2H3. The highest BCUT2D eigenvalue weighted by Gasteiger charge is 2.38.